The van der Waals surface area contributed by atoms with Crippen molar-refractivity contribution < 1.29 is 13.7 Å². The Labute approximate surface area is 201 Å². The topological polar surface area (TPSA) is 63.4 Å². The molecule has 3 heterocycles. The Kier molecular flexibility index (Phi) is 6.14. The van der Waals surface area contributed by atoms with Gasteiger partial charge in [-0.25, -0.2) is 4.39 Å². The lowest BCUT2D eigenvalue weighted by molar-refractivity contribution is 0.0962. The van der Waals surface area contributed by atoms with Gasteiger partial charge in [-0.15, -0.1) is 0 Å². The van der Waals surface area contributed by atoms with Crippen LogP contribution < -0.4 is 5.32 Å². The van der Waals surface area contributed by atoms with Gasteiger partial charge in [0.2, 0.25) is 5.82 Å². The van der Waals surface area contributed by atoms with Crippen LogP contribution in [0.3, 0.4) is 0 Å². The molecule has 2 unspecified atom stereocenters. The van der Waals surface area contributed by atoms with E-state index >= 15 is 0 Å². The number of nitrogens with one attached hydrogen (secondary N) is 1. The summed E-state index contributed by atoms with van der Waals surface area (Å²) in [5.74, 6) is 0.528. The largest absolute Gasteiger partial charge is 0.376 e. The van der Waals surface area contributed by atoms with E-state index in [1.807, 2.05) is 24.0 Å². The lowest BCUT2D eigenvalue weighted by Gasteiger charge is -2.38. The molecular formula is C24H22ClFN4O2S. The number of ether oxygens (including phenoxy) is 1. The van der Waals surface area contributed by atoms with E-state index in [0.717, 1.165) is 41.8 Å². The van der Waals surface area contributed by atoms with Gasteiger partial charge in [-0.1, -0.05) is 28.9 Å². The van der Waals surface area contributed by atoms with Crippen LogP contribution in [-0.2, 0) is 4.74 Å². The molecule has 0 bridgehead atoms. The molecule has 3 aromatic rings. The molecule has 0 spiro atoms. The van der Waals surface area contributed by atoms with Gasteiger partial charge >= 0.3 is 0 Å². The van der Waals surface area contributed by atoms with Crippen LogP contribution in [0.2, 0.25) is 5.02 Å². The molecule has 9 heteroatoms. The Morgan fingerprint density at radius 2 is 1.94 bits per heavy atom. The molecule has 1 N–H and O–H groups in total. The highest BCUT2D eigenvalue weighted by Crippen LogP contribution is 2.38. The summed E-state index contributed by atoms with van der Waals surface area (Å²) in [6.45, 7) is 3.39. The van der Waals surface area contributed by atoms with Crippen molar-refractivity contribution >= 4 is 34.5 Å². The lowest BCUT2D eigenvalue weighted by atomic mass is 9.94. The molecular weight excluding hydrogens is 463 g/mol. The average Bonchev–Trinajstić information content (AvgIpc) is 3.50. The minimum atomic E-state index is -0.364. The third kappa shape index (κ3) is 4.51. The molecule has 1 aromatic heterocycles. The fraction of sp³-hybridized carbons (Fsp3) is 0.292. The van der Waals surface area contributed by atoms with Gasteiger partial charge < -0.3 is 19.5 Å². The second-order valence-corrected chi connectivity index (χ2v) is 8.93. The Morgan fingerprint density at radius 3 is 2.64 bits per heavy atom. The molecule has 170 valence electrons. The van der Waals surface area contributed by atoms with Gasteiger partial charge in [0.25, 0.3) is 5.89 Å². The summed E-state index contributed by atoms with van der Waals surface area (Å²) in [4.78, 5) is 6.70. The van der Waals surface area contributed by atoms with Crippen LogP contribution in [0.15, 0.2) is 58.8 Å². The van der Waals surface area contributed by atoms with Crippen molar-refractivity contribution in [3.63, 3.8) is 0 Å². The van der Waals surface area contributed by atoms with Crippen molar-refractivity contribution in [3.05, 3.63) is 76.5 Å². The number of hydrogen-bond acceptors (Lipinski definition) is 5. The van der Waals surface area contributed by atoms with E-state index in [1.165, 1.54) is 12.1 Å². The van der Waals surface area contributed by atoms with Crippen molar-refractivity contribution in [1.29, 1.82) is 0 Å². The minimum absolute atomic E-state index is 0.107. The van der Waals surface area contributed by atoms with Crippen molar-refractivity contribution in [1.82, 2.24) is 20.4 Å². The number of rotatable bonds is 5. The quantitative estimate of drug-likeness (QED) is 0.488. The fourth-order valence-electron chi connectivity index (χ4n) is 4.22. The summed E-state index contributed by atoms with van der Waals surface area (Å²) in [6, 6.07) is 13.2. The van der Waals surface area contributed by atoms with Gasteiger partial charge in [-0.3, -0.25) is 0 Å². The maximum atomic E-state index is 13.6. The summed E-state index contributed by atoms with van der Waals surface area (Å²) in [6.07, 6.45) is 2.14. The van der Waals surface area contributed by atoms with Crippen LogP contribution in [0.25, 0.3) is 17.0 Å². The standard InChI is InChI=1S/C24H22ClFN4O2S/c1-14-20(23-28-22(29-32-23)16-4-8-17(25)9-5-16)21(15-6-10-18(26)11-7-15)27-24(33)30(14)13-19-3-2-12-31-19/h4-11,19,21H,2-3,12-13H2,1H3,(H,27,33). The maximum absolute atomic E-state index is 13.6. The SMILES string of the molecule is CC1=C(c2nc(-c3ccc(Cl)cc3)no2)C(c2ccc(F)cc2)NC(=S)N1CC1CCCO1. The summed E-state index contributed by atoms with van der Waals surface area (Å²) in [5.41, 5.74) is 3.33. The van der Waals surface area contributed by atoms with E-state index < -0.39 is 0 Å². The van der Waals surface area contributed by atoms with Gasteiger partial charge in [-0.05, 0) is 73.9 Å². The van der Waals surface area contributed by atoms with E-state index in [0.29, 0.717) is 28.4 Å². The van der Waals surface area contributed by atoms with Gasteiger partial charge in [0.1, 0.15) is 5.82 Å². The highest BCUT2D eigenvalue weighted by Gasteiger charge is 2.35. The molecule has 5 rings (SSSR count). The summed E-state index contributed by atoms with van der Waals surface area (Å²) in [5, 5.41) is 8.79. The number of nitrogens with zero attached hydrogens (tertiary/aromatic N) is 3. The van der Waals surface area contributed by atoms with Crippen LogP contribution in [0.1, 0.15) is 37.3 Å². The smallest absolute Gasteiger partial charge is 0.258 e. The number of allylic oxidation sites excluding steroid dienone is 1. The van der Waals surface area contributed by atoms with E-state index in [2.05, 4.69) is 15.5 Å². The van der Waals surface area contributed by atoms with Crippen LogP contribution in [0.4, 0.5) is 4.39 Å². The predicted octanol–water partition coefficient (Wildman–Crippen LogP) is 5.37. The minimum Gasteiger partial charge on any atom is -0.376 e. The predicted molar refractivity (Wildman–Crippen MR) is 128 cm³/mol. The van der Waals surface area contributed by atoms with Gasteiger partial charge in [0, 0.05) is 22.9 Å². The van der Waals surface area contributed by atoms with Crippen LogP contribution in [0.5, 0.6) is 0 Å². The van der Waals surface area contributed by atoms with Crippen molar-refractivity contribution in [2.24, 2.45) is 0 Å². The van der Waals surface area contributed by atoms with E-state index in [4.69, 9.17) is 33.1 Å². The van der Waals surface area contributed by atoms with Crippen molar-refractivity contribution in [3.8, 4) is 11.4 Å². The molecule has 1 saturated heterocycles. The average molecular weight is 485 g/mol. The molecule has 2 aromatic carbocycles. The van der Waals surface area contributed by atoms with E-state index in [1.54, 1.807) is 24.3 Å². The van der Waals surface area contributed by atoms with E-state index in [9.17, 15) is 4.39 Å². The van der Waals surface area contributed by atoms with Crippen molar-refractivity contribution in [2.45, 2.75) is 31.9 Å². The first-order chi connectivity index (χ1) is 16.0. The molecule has 33 heavy (non-hydrogen) atoms. The first-order valence-electron chi connectivity index (χ1n) is 10.8. The molecule has 2 atom stereocenters. The Hall–Kier alpha value is -2.81. The molecule has 0 amide bonds. The number of hydrogen-bond donors (Lipinski definition) is 1. The van der Waals surface area contributed by atoms with E-state index in [-0.39, 0.29) is 18.0 Å². The number of aromatic nitrogens is 2. The van der Waals surface area contributed by atoms with Gasteiger partial charge in [0.15, 0.2) is 5.11 Å². The number of benzene rings is 2. The highest BCUT2D eigenvalue weighted by atomic mass is 35.5. The van der Waals surface area contributed by atoms with Gasteiger partial charge in [-0.2, -0.15) is 4.98 Å². The van der Waals surface area contributed by atoms with Crippen molar-refractivity contribution in [2.75, 3.05) is 13.2 Å². The second-order valence-electron chi connectivity index (χ2n) is 8.11. The fourth-order valence-corrected chi connectivity index (χ4v) is 4.68. The summed E-state index contributed by atoms with van der Waals surface area (Å²) < 4.78 is 25.2. The van der Waals surface area contributed by atoms with Crippen LogP contribution in [0, 0.1) is 5.82 Å². The zero-order valence-electron chi connectivity index (χ0n) is 17.9. The summed E-state index contributed by atoms with van der Waals surface area (Å²) >= 11 is 11.7. The monoisotopic (exact) mass is 484 g/mol. The zero-order valence-corrected chi connectivity index (χ0v) is 19.5. The molecule has 1 fully saturated rings. The number of halogens is 2. The first-order valence-corrected chi connectivity index (χ1v) is 11.5. The molecule has 2 aliphatic rings. The zero-order chi connectivity index (χ0) is 22.9. The van der Waals surface area contributed by atoms with Crippen LogP contribution >= 0.6 is 23.8 Å². The second kappa shape index (κ2) is 9.21. The summed E-state index contributed by atoms with van der Waals surface area (Å²) in [7, 11) is 0. The molecule has 0 radical (unpaired) electrons. The third-order valence-corrected chi connectivity index (χ3v) is 6.56. The lowest BCUT2D eigenvalue weighted by Crippen LogP contribution is -2.48. The highest BCUT2D eigenvalue weighted by molar-refractivity contribution is 7.80. The Balaban J connectivity index is 1.56. The molecule has 0 aliphatic carbocycles. The Bertz CT molecular complexity index is 1190. The third-order valence-electron chi connectivity index (χ3n) is 5.97. The van der Waals surface area contributed by atoms with Gasteiger partial charge in [0.05, 0.1) is 24.3 Å². The Morgan fingerprint density at radius 1 is 1.18 bits per heavy atom. The molecule has 2 aliphatic heterocycles. The molecule has 6 nitrogen and oxygen atoms in total. The molecule has 0 saturated carbocycles. The normalized spacial score (nSPS) is 20.9. The first kappa shape index (κ1) is 22.0. The van der Waals surface area contributed by atoms with Crippen LogP contribution in [-0.4, -0.2) is 39.4 Å². The number of thiocarbonyl (C=S) groups is 1. The maximum Gasteiger partial charge on any atom is 0.258 e.